The Hall–Kier alpha value is -1.66. The van der Waals surface area contributed by atoms with Crippen molar-refractivity contribution in [3.63, 3.8) is 0 Å². The summed E-state index contributed by atoms with van der Waals surface area (Å²) >= 11 is 4.75. The van der Waals surface area contributed by atoms with Crippen LogP contribution in [0.15, 0.2) is 29.8 Å². The second kappa shape index (κ2) is 5.28. The molecule has 0 saturated heterocycles. The zero-order valence-corrected chi connectivity index (χ0v) is 9.34. The van der Waals surface area contributed by atoms with Crippen LogP contribution < -0.4 is 5.73 Å². The molecule has 0 heterocycles. The summed E-state index contributed by atoms with van der Waals surface area (Å²) in [6, 6.07) is 9.94. The topological polar surface area (TPSA) is 49.8 Å². The van der Waals surface area contributed by atoms with E-state index in [-0.39, 0.29) is 4.99 Å². The zero-order valence-electron chi connectivity index (χ0n) is 8.53. The van der Waals surface area contributed by atoms with E-state index in [9.17, 15) is 0 Å². The van der Waals surface area contributed by atoms with Gasteiger partial charge < -0.3 is 5.73 Å². The first-order valence-corrected chi connectivity index (χ1v) is 5.08. The maximum absolute atomic E-state index is 8.77. The van der Waals surface area contributed by atoms with Crippen molar-refractivity contribution in [2.45, 2.75) is 13.3 Å². The van der Waals surface area contributed by atoms with E-state index in [2.05, 4.69) is 6.92 Å². The van der Waals surface area contributed by atoms with Crippen LogP contribution in [0.2, 0.25) is 0 Å². The van der Waals surface area contributed by atoms with Crippen LogP contribution in [0.5, 0.6) is 0 Å². The van der Waals surface area contributed by atoms with Gasteiger partial charge in [-0.1, -0.05) is 43.4 Å². The van der Waals surface area contributed by atoms with Crippen LogP contribution in [0.1, 0.15) is 18.1 Å². The molecule has 0 aliphatic heterocycles. The number of aryl methyl sites for hydroxylation is 1. The highest BCUT2D eigenvalue weighted by molar-refractivity contribution is 7.80. The van der Waals surface area contributed by atoms with Crippen molar-refractivity contribution in [2.75, 3.05) is 0 Å². The molecule has 1 aromatic carbocycles. The van der Waals surface area contributed by atoms with E-state index in [4.69, 9.17) is 23.2 Å². The SMILES string of the molecule is CCc1ccc(/C=C(\C#N)C(N)=S)cc1. The van der Waals surface area contributed by atoms with Gasteiger partial charge in [0.25, 0.3) is 0 Å². The summed E-state index contributed by atoms with van der Waals surface area (Å²) in [6.07, 6.45) is 2.70. The van der Waals surface area contributed by atoms with E-state index in [1.54, 1.807) is 6.08 Å². The van der Waals surface area contributed by atoms with Gasteiger partial charge in [0, 0.05) is 0 Å². The second-order valence-electron chi connectivity index (χ2n) is 3.13. The summed E-state index contributed by atoms with van der Waals surface area (Å²) in [5.41, 5.74) is 7.94. The smallest absolute Gasteiger partial charge is 0.114 e. The number of hydrogen-bond donors (Lipinski definition) is 1. The van der Waals surface area contributed by atoms with Crippen LogP contribution in [0.3, 0.4) is 0 Å². The second-order valence-corrected chi connectivity index (χ2v) is 3.57. The van der Waals surface area contributed by atoms with Crippen LogP contribution in [-0.2, 0) is 6.42 Å². The lowest BCUT2D eigenvalue weighted by molar-refractivity contribution is 1.14. The van der Waals surface area contributed by atoms with Gasteiger partial charge in [-0.3, -0.25) is 0 Å². The largest absolute Gasteiger partial charge is 0.389 e. The Labute approximate surface area is 95.0 Å². The molecule has 2 N–H and O–H groups in total. The third-order valence-electron chi connectivity index (χ3n) is 2.08. The van der Waals surface area contributed by atoms with Gasteiger partial charge in [-0.05, 0) is 23.6 Å². The molecule has 1 rings (SSSR count). The Balaban J connectivity index is 2.98. The molecule has 0 unspecified atom stereocenters. The number of nitrogens with two attached hydrogens (primary N) is 1. The number of hydrogen-bond acceptors (Lipinski definition) is 2. The van der Waals surface area contributed by atoms with Gasteiger partial charge in [0.05, 0.1) is 5.57 Å². The molecule has 0 bridgehead atoms. The van der Waals surface area contributed by atoms with Crippen molar-refractivity contribution in [1.29, 1.82) is 5.26 Å². The standard InChI is InChI=1S/C12H12N2S/c1-2-9-3-5-10(6-4-9)7-11(8-13)12(14)15/h3-7H,2H2,1H3,(H2,14,15)/b11-7+. The predicted molar refractivity (Wildman–Crippen MR) is 66.2 cm³/mol. The van der Waals surface area contributed by atoms with Gasteiger partial charge in [-0.15, -0.1) is 0 Å². The lowest BCUT2D eigenvalue weighted by Gasteiger charge is -1.98. The molecular formula is C12H12N2S. The van der Waals surface area contributed by atoms with Crippen LogP contribution in [0.4, 0.5) is 0 Å². The lowest BCUT2D eigenvalue weighted by atomic mass is 10.1. The van der Waals surface area contributed by atoms with Crippen molar-refractivity contribution in [3.05, 3.63) is 41.0 Å². The molecule has 0 amide bonds. The molecular weight excluding hydrogens is 204 g/mol. The summed E-state index contributed by atoms with van der Waals surface area (Å²) in [5.74, 6) is 0. The quantitative estimate of drug-likeness (QED) is 0.479. The Kier molecular flexibility index (Phi) is 4.02. The minimum atomic E-state index is 0.136. The Bertz CT molecular complexity index is 424. The van der Waals surface area contributed by atoms with E-state index in [1.165, 1.54) is 5.56 Å². The first-order chi connectivity index (χ1) is 7.17. The fourth-order valence-corrected chi connectivity index (χ4v) is 1.28. The third-order valence-corrected chi connectivity index (χ3v) is 2.30. The highest BCUT2D eigenvalue weighted by Gasteiger charge is 1.99. The zero-order chi connectivity index (χ0) is 11.3. The summed E-state index contributed by atoms with van der Waals surface area (Å²) in [6.45, 7) is 2.10. The average Bonchev–Trinajstić information content (AvgIpc) is 2.26. The minimum Gasteiger partial charge on any atom is -0.389 e. The monoisotopic (exact) mass is 216 g/mol. The predicted octanol–water partition coefficient (Wildman–Crippen LogP) is 2.44. The maximum atomic E-state index is 8.77. The fourth-order valence-electron chi connectivity index (χ4n) is 1.17. The van der Waals surface area contributed by atoms with Crippen LogP contribution >= 0.6 is 12.2 Å². The Morgan fingerprint density at radius 2 is 2.07 bits per heavy atom. The third kappa shape index (κ3) is 3.19. The molecule has 15 heavy (non-hydrogen) atoms. The van der Waals surface area contributed by atoms with Crippen LogP contribution in [0, 0.1) is 11.3 Å². The molecule has 0 aromatic heterocycles. The van der Waals surface area contributed by atoms with Gasteiger partial charge in [-0.25, -0.2) is 0 Å². The van der Waals surface area contributed by atoms with Crippen molar-refractivity contribution >= 4 is 23.3 Å². The lowest BCUT2D eigenvalue weighted by Crippen LogP contribution is -2.09. The highest BCUT2D eigenvalue weighted by atomic mass is 32.1. The molecule has 0 atom stereocenters. The summed E-state index contributed by atoms with van der Waals surface area (Å²) < 4.78 is 0. The van der Waals surface area contributed by atoms with Gasteiger partial charge in [0.2, 0.25) is 0 Å². The highest BCUT2D eigenvalue weighted by Crippen LogP contribution is 2.09. The van der Waals surface area contributed by atoms with E-state index >= 15 is 0 Å². The number of benzene rings is 1. The first kappa shape index (κ1) is 11.4. The minimum absolute atomic E-state index is 0.136. The Morgan fingerprint density at radius 3 is 2.47 bits per heavy atom. The molecule has 1 aromatic rings. The molecule has 76 valence electrons. The molecule has 0 radical (unpaired) electrons. The van der Waals surface area contributed by atoms with Gasteiger partial charge in [0.15, 0.2) is 0 Å². The molecule has 0 saturated carbocycles. The van der Waals surface area contributed by atoms with Crippen LogP contribution in [-0.4, -0.2) is 4.99 Å². The van der Waals surface area contributed by atoms with Crippen molar-refractivity contribution in [1.82, 2.24) is 0 Å². The van der Waals surface area contributed by atoms with Crippen LogP contribution in [0.25, 0.3) is 6.08 Å². The molecule has 0 spiro atoms. The fraction of sp³-hybridized carbons (Fsp3) is 0.167. The molecule has 0 fully saturated rings. The first-order valence-electron chi connectivity index (χ1n) is 4.68. The number of rotatable bonds is 3. The van der Waals surface area contributed by atoms with Crippen molar-refractivity contribution < 1.29 is 0 Å². The molecule has 3 heteroatoms. The maximum Gasteiger partial charge on any atom is 0.114 e. The van der Waals surface area contributed by atoms with Crippen molar-refractivity contribution in [3.8, 4) is 6.07 Å². The number of nitriles is 1. The molecule has 2 nitrogen and oxygen atoms in total. The van der Waals surface area contributed by atoms with Gasteiger partial charge in [0.1, 0.15) is 11.1 Å². The van der Waals surface area contributed by atoms with Crippen molar-refractivity contribution in [2.24, 2.45) is 5.73 Å². The number of nitrogens with zero attached hydrogens (tertiary/aromatic N) is 1. The summed E-state index contributed by atoms with van der Waals surface area (Å²) in [5, 5.41) is 8.77. The normalized spacial score (nSPS) is 10.8. The van der Waals surface area contributed by atoms with Gasteiger partial charge >= 0.3 is 0 Å². The van der Waals surface area contributed by atoms with Gasteiger partial charge in [-0.2, -0.15) is 5.26 Å². The van der Waals surface area contributed by atoms with E-state index < -0.39 is 0 Å². The summed E-state index contributed by atoms with van der Waals surface area (Å²) in [7, 11) is 0. The Morgan fingerprint density at radius 1 is 1.47 bits per heavy atom. The molecule has 0 aliphatic rings. The molecule has 0 aliphatic carbocycles. The van der Waals surface area contributed by atoms with E-state index in [0.717, 1.165) is 12.0 Å². The van der Waals surface area contributed by atoms with E-state index in [1.807, 2.05) is 30.3 Å². The van der Waals surface area contributed by atoms with E-state index in [0.29, 0.717) is 5.57 Å². The number of thiocarbonyl (C=S) groups is 1. The average molecular weight is 216 g/mol. The summed E-state index contributed by atoms with van der Waals surface area (Å²) in [4.78, 5) is 0.136.